The van der Waals surface area contributed by atoms with E-state index in [-0.39, 0.29) is 30.9 Å². The predicted octanol–water partition coefficient (Wildman–Crippen LogP) is 4.92. The summed E-state index contributed by atoms with van der Waals surface area (Å²) in [6, 6.07) is 15.8. The molecule has 36 heavy (non-hydrogen) atoms. The van der Waals surface area contributed by atoms with Gasteiger partial charge in [0.1, 0.15) is 35.6 Å². The molecule has 3 aromatic carbocycles. The number of rotatable bonds is 14. The van der Waals surface area contributed by atoms with Crippen molar-refractivity contribution in [3.8, 4) is 11.5 Å². The molecule has 3 rings (SSSR count). The van der Waals surface area contributed by atoms with E-state index >= 15 is 0 Å². The number of halogens is 3. The van der Waals surface area contributed by atoms with Crippen LogP contribution in [-0.2, 0) is 16.1 Å². The predicted molar refractivity (Wildman–Crippen MR) is 132 cm³/mol. The van der Waals surface area contributed by atoms with E-state index in [0.29, 0.717) is 13.0 Å². The van der Waals surface area contributed by atoms with Gasteiger partial charge >= 0.3 is 0 Å². The van der Waals surface area contributed by atoms with Gasteiger partial charge in [-0.2, -0.15) is 0 Å². The van der Waals surface area contributed by atoms with Gasteiger partial charge in [-0.15, -0.1) is 0 Å². The molecule has 0 aliphatic carbocycles. The Balaban J connectivity index is 1.65. The summed E-state index contributed by atoms with van der Waals surface area (Å²) in [7, 11) is 3.17. The van der Waals surface area contributed by atoms with Crippen molar-refractivity contribution in [2.75, 3.05) is 32.7 Å². The highest BCUT2D eigenvalue weighted by molar-refractivity contribution is 5.42. The molecular formula is C27H31F3N2O4. The molecule has 0 spiro atoms. The van der Waals surface area contributed by atoms with Crippen LogP contribution >= 0.6 is 0 Å². The van der Waals surface area contributed by atoms with Crippen LogP contribution in [0.3, 0.4) is 0 Å². The summed E-state index contributed by atoms with van der Waals surface area (Å²) in [6.45, 7) is 0.671. The fourth-order valence-corrected chi connectivity index (χ4v) is 3.52. The van der Waals surface area contributed by atoms with Gasteiger partial charge in [0.15, 0.2) is 0 Å². The first-order valence-corrected chi connectivity index (χ1v) is 11.5. The summed E-state index contributed by atoms with van der Waals surface area (Å²) in [5, 5.41) is 3.21. The highest BCUT2D eigenvalue weighted by Crippen LogP contribution is 2.19. The third-order valence-electron chi connectivity index (χ3n) is 5.59. The molecule has 3 aromatic rings. The average Bonchev–Trinajstić information content (AvgIpc) is 2.87. The lowest BCUT2D eigenvalue weighted by atomic mass is 10.0. The van der Waals surface area contributed by atoms with Crippen molar-refractivity contribution in [1.29, 1.82) is 0 Å². The van der Waals surface area contributed by atoms with Crippen LogP contribution in [0.5, 0.6) is 11.5 Å². The number of hydrogen-bond donors (Lipinski definition) is 2. The molecule has 0 fully saturated rings. The summed E-state index contributed by atoms with van der Waals surface area (Å²) in [5.41, 5.74) is 8.06. The lowest BCUT2D eigenvalue weighted by Gasteiger charge is -2.28. The quantitative estimate of drug-likeness (QED) is 0.325. The first-order valence-electron chi connectivity index (χ1n) is 11.5. The first-order chi connectivity index (χ1) is 17.4. The average molecular weight is 505 g/mol. The summed E-state index contributed by atoms with van der Waals surface area (Å²) in [5.74, 6) is -1.03. The minimum absolute atomic E-state index is 0.0298. The van der Waals surface area contributed by atoms with E-state index in [4.69, 9.17) is 24.7 Å². The number of benzene rings is 3. The molecule has 9 heteroatoms. The van der Waals surface area contributed by atoms with Crippen molar-refractivity contribution in [3.05, 3.63) is 89.7 Å². The fourth-order valence-electron chi connectivity index (χ4n) is 3.52. The summed E-state index contributed by atoms with van der Waals surface area (Å²) >= 11 is 0. The Hall–Kier alpha value is -3.27. The van der Waals surface area contributed by atoms with Gasteiger partial charge in [-0.25, -0.2) is 13.2 Å². The van der Waals surface area contributed by atoms with Crippen LogP contribution in [0.4, 0.5) is 18.9 Å². The normalized spacial score (nSPS) is 13.6. The zero-order valence-corrected chi connectivity index (χ0v) is 20.3. The molecule has 0 aliphatic rings. The van der Waals surface area contributed by atoms with Gasteiger partial charge in [0, 0.05) is 44.0 Å². The molecule has 3 N–H and O–H groups in total. The van der Waals surface area contributed by atoms with Crippen molar-refractivity contribution in [3.63, 3.8) is 0 Å². The standard InChI is InChI=1S/C27H31F3N2O4/c1-33-23-9-3-18(4-10-23)16-36-27(26(31)17-35-24-12-20(29)11-21(30)13-24)14-25(34-2)15-32-22-7-5-19(28)6-8-22/h3-13,25-27,32H,14-17,31H2,1-2H3/t25?,26-,27?/m0/s1. The van der Waals surface area contributed by atoms with E-state index in [1.54, 1.807) is 26.4 Å². The molecule has 3 atom stereocenters. The largest absolute Gasteiger partial charge is 0.497 e. The van der Waals surface area contributed by atoms with E-state index < -0.39 is 23.8 Å². The first kappa shape index (κ1) is 27.3. The SMILES string of the molecule is COc1ccc(COC(CC(CNc2ccc(F)cc2)OC)[C@@H](N)COc2cc(F)cc(F)c2)cc1. The van der Waals surface area contributed by atoms with Crippen LogP contribution in [0.2, 0.25) is 0 Å². The highest BCUT2D eigenvalue weighted by Gasteiger charge is 2.24. The van der Waals surface area contributed by atoms with Crippen molar-refractivity contribution >= 4 is 5.69 Å². The number of anilines is 1. The Morgan fingerprint density at radius 2 is 1.50 bits per heavy atom. The monoisotopic (exact) mass is 504 g/mol. The maximum Gasteiger partial charge on any atom is 0.129 e. The van der Waals surface area contributed by atoms with Crippen LogP contribution in [-0.4, -0.2) is 45.6 Å². The second-order valence-electron chi connectivity index (χ2n) is 8.26. The highest BCUT2D eigenvalue weighted by atomic mass is 19.1. The third kappa shape index (κ3) is 8.75. The number of ether oxygens (including phenoxy) is 4. The van der Waals surface area contributed by atoms with Gasteiger partial charge in [0.2, 0.25) is 0 Å². The molecule has 0 aromatic heterocycles. The molecule has 0 radical (unpaired) electrons. The molecule has 0 amide bonds. The minimum atomic E-state index is -0.739. The Labute approximate surface area is 209 Å². The molecule has 0 bridgehead atoms. The van der Waals surface area contributed by atoms with Gasteiger partial charge in [0.25, 0.3) is 0 Å². The third-order valence-corrected chi connectivity index (χ3v) is 5.59. The van der Waals surface area contributed by atoms with E-state index in [1.807, 2.05) is 24.3 Å². The summed E-state index contributed by atoms with van der Waals surface area (Å²) < 4.78 is 62.7. The lowest BCUT2D eigenvalue weighted by molar-refractivity contribution is -0.0246. The van der Waals surface area contributed by atoms with Crippen molar-refractivity contribution < 1.29 is 32.1 Å². The summed E-state index contributed by atoms with van der Waals surface area (Å²) in [4.78, 5) is 0. The molecule has 2 unspecified atom stereocenters. The van der Waals surface area contributed by atoms with Crippen molar-refractivity contribution in [2.45, 2.75) is 31.3 Å². The van der Waals surface area contributed by atoms with Gasteiger partial charge in [-0.3, -0.25) is 0 Å². The van der Waals surface area contributed by atoms with Gasteiger partial charge in [-0.1, -0.05) is 12.1 Å². The van der Waals surface area contributed by atoms with E-state index in [1.165, 1.54) is 12.1 Å². The Kier molecular flexibility index (Phi) is 10.4. The minimum Gasteiger partial charge on any atom is -0.497 e. The molecule has 0 saturated carbocycles. The van der Waals surface area contributed by atoms with E-state index in [2.05, 4.69) is 5.32 Å². The van der Waals surface area contributed by atoms with Crippen LogP contribution in [0.25, 0.3) is 0 Å². The van der Waals surface area contributed by atoms with Crippen molar-refractivity contribution in [1.82, 2.24) is 0 Å². The smallest absolute Gasteiger partial charge is 0.129 e. The Morgan fingerprint density at radius 1 is 0.833 bits per heavy atom. The van der Waals surface area contributed by atoms with Gasteiger partial charge in [-0.05, 0) is 42.0 Å². The Morgan fingerprint density at radius 3 is 2.11 bits per heavy atom. The maximum atomic E-state index is 13.5. The van der Waals surface area contributed by atoms with Crippen LogP contribution in [0.1, 0.15) is 12.0 Å². The fraction of sp³-hybridized carbons (Fsp3) is 0.333. The number of methoxy groups -OCH3 is 2. The number of nitrogens with one attached hydrogen (secondary N) is 1. The van der Waals surface area contributed by atoms with E-state index in [0.717, 1.165) is 35.2 Å². The molecule has 0 saturated heterocycles. The molecule has 6 nitrogen and oxygen atoms in total. The second kappa shape index (κ2) is 13.7. The summed E-state index contributed by atoms with van der Waals surface area (Å²) in [6.07, 6.45) is -0.401. The molecule has 0 aliphatic heterocycles. The maximum absolute atomic E-state index is 13.5. The molecule has 0 heterocycles. The molecular weight excluding hydrogens is 473 g/mol. The number of hydrogen-bond acceptors (Lipinski definition) is 6. The topological polar surface area (TPSA) is 75.0 Å². The van der Waals surface area contributed by atoms with Gasteiger partial charge in [0.05, 0.1) is 32.0 Å². The van der Waals surface area contributed by atoms with Crippen LogP contribution in [0.15, 0.2) is 66.7 Å². The van der Waals surface area contributed by atoms with Crippen LogP contribution in [0, 0.1) is 17.5 Å². The zero-order valence-electron chi connectivity index (χ0n) is 20.3. The van der Waals surface area contributed by atoms with Crippen LogP contribution < -0.4 is 20.5 Å². The van der Waals surface area contributed by atoms with E-state index in [9.17, 15) is 13.2 Å². The number of nitrogens with two attached hydrogens (primary N) is 1. The van der Waals surface area contributed by atoms with Gasteiger partial charge < -0.3 is 30.0 Å². The Bertz CT molecular complexity index is 1050. The second-order valence-corrected chi connectivity index (χ2v) is 8.26. The molecule has 194 valence electrons. The zero-order chi connectivity index (χ0) is 25.9. The van der Waals surface area contributed by atoms with Crippen molar-refractivity contribution in [2.24, 2.45) is 5.73 Å². The lowest BCUT2D eigenvalue weighted by Crippen LogP contribution is -2.44.